The molecule has 1 aromatic rings. The molecule has 2 rings (SSSR count). The quantitative estimate of drug-likeness (QED) is 0.484. The van der Waals surface area contributed by atoms with Crippen LogP contribution in [0.2, 0.25) is 0 Å². The van der Waals surface area contributed by atoms with Crippen molar-refractivity contribution in [3.8, 4) is 11.5 Å². The number of ketones is 1. The first-order chi connectivity index (χ1) is 9.13. The van der Waals surface area contributed by atoms with Crippen molar-refractivity contribution in [2.24, 2.45) is 0 Å². The monoisotopic (exact) mass is 328 g/mol. The minimum atomic E-state index is -0.877. The van der Waals surface area contributed by atoms with Crippen LogP contribution in [0.1, 0.15) is 23.7 Å². The summed E-state index contributed by atoms with van der Waals surface area (Å²) >= 11 is 3.26. The SMILES string of the molecule is CCOC(=O)C(=O)c1cc2c(cc1Br)OCCCO2. The van der Waals surface area contributed by atoms with Gasteiger partial charge >= 0.3 is 5.97 Å². The fourth-order valence-electron chi connectivity index (χ4n) is 1.66. The van der Waals surface area contributed by atoms with Gasteiger partial charge in [0.15, 0.2) is 11.5 Å². The number of carbonyl (C=O) groups excluding carboxylic acids is 2. The summed E-state index contributed by atoms with van der Waals surface area (Å²) in [7, 11) is 0. The van der Waals surface area contributed by atoms with E-state index in [4.69, 9.17) is 14.2 Å². The molecule has 6 heteroatoms. The first kappa shape index (κ1) is 13.9. The first-order valence-electron chi connectivity index (χ1n) is 5.94. The van der Waals surface area contributed by atoms with E-state index in [1.54, 1.807) is 13.0 Å². The molecule has 19 heavy (non-hydrogen) atoms. The lowest BCUT2D eigenvalue weighted by Gasteiger charge is -2.10. The Bertz CT molecular complexity index is 512. The highest BCUT2D eigenvalue weighted by molar-refractivity contribution is 9.10. The summed E-state index contributed by atoms with van der Waals surface area (Å²) in [6.07, 6.45) is 0.771. The predicted octanol–water partition coefficient (Wildman–Crippen LogP) is 2.36. The Morgan fingerprint density at radius 3 is 2.53 bits per heavy atom. The highest BCUT2D eigenvalue weighted by Gasteiger charge is 2.23. The number of fused-ring (bicyclic) bond motifs is 1. The number of carbonyl (C=O) groups is 2. The molecule has 0 fully saturated rings. The summed E-state index contributed by atoms with van der Waals surface area (Å²) in [4.78, 5) is 23.4. The average Bonchev–Trinajstić information content (AvgIpc) is 2.62. The molecule has 1 aromatic carbocycles. The Kier molecular flexibility index (Phi) is 4.42. The zero-order chi connectivity index (χ0) is 13.8. The summed E-state index contributed by atoms with van der Waals surface area (Å²) in [6, 6.07) is 3.14. The van der Waals surface area contributed by atoms with E-state index in [-0.39, 0.29) is 12.2 Å². The molecule has 0 spiro atoms. The lowest BCUT2D eigenvalue weighted by atomic mass is 10.1. The maximum Gasteiger partial charge on any atom is 0.379 e. The molecule has 0 saturated carbocycles. The third kappa shape index (κ3) is 3.07. The number of halogens is 1. The zero-order valence-electron chi connectivity index (χ0n) is 10.4. The lowest BCUT2D eigenvalue weighted by molar-refractivity contribution is -0.137. The number of rotatable bonds is 3. The van der Waals surface area contributed by atoms with Crippen LogP contribution in [0, 0.1) is 0 Å². The van der Waals surface area contributed by atoms with Gasteiger partial charge in [-0.25, -0.2) is 4.79 Å². The summed E-state index contributed by atoms with van der Waals surface area (Å²) < 4.78 is 16.2. The summed E-state index contributed by atoms with van der Waals surface area (Å²) in [5.74, 6) is -0.555. The summed E-state index contributed by atoms with van der Waals surface area (Å²) in [5, 5.41) is 0. The third-order valence-electron chi connectivity index (χ3n) is 2.54. The number of ether oxygens (including phenoxy) is 3. The van der Waals surface area contributed by atoms with E-state index in [2.05, 4.69) is 15.9 Å². The van der Waals surface area contributed by atoms with Crippen LogP contribution < -0.4 is 9.47 Å². The van der Waals surface area contributed by atoms with Crippen LogP contribution in [-0.2, 0) is 9.53 Å². The van der Waals surface area contributed by atoms with Crippen molar-refractivity contribution in [2.75, 3.05) is 19.8 Å². The van der Waals surface area contributed by atoms with Crippen LogP contribution in [0.3, 0.4) is 0 Å². The molecular weight excluding hydrogens is 316 g/mol. The molecular formula is C13H13BrO5. The highest BCUT2D eigenvalue weighted by atomic mass is 79.9. The van der Waals surface area contributed by atoms with Gasteiger partial charge in [-0.3, -0.25) is 4.79 Å². The summed E-state index contributed by atoms with van der Waals surface area (Å²) in [5.41, 5.74) is 0.211. The molecule has 0 atom stereocenters. The predicted molar refractivity (Wildman–Crippen MR) is 70.7 cm³/mol. The Hall–Kier alpha value is -1.56. The molecule has 0 amide bonds. The second kappa shape index (κ2) is 6.06. The minimum Gasteiger partial charge on any atom is -0.490 e. The number of esters is 1. The van der Waals surface area contributed by atoms with Crippen LogP contribution >= 0.6 is 15.9 Å². The molecule has 0 saturated heterocycles. The molecule has 0 unspecified atom stereocenters. The van der Waals surface area contributed by atoms with Crippen molar-refractivity contribution in [1.29, 1.82) is 0 Å². The first-order valence-corrected chi connectivity index (χ1v) is 6.73. The Balaban J connectivity index is 2.33. The molecule has 5 nitrogen and oxygen atoms in total. The molecule has 102 valence electrons. The number of benzene rings is 1. The van der Waals surface area contributed by atoms with Gasteiger partial charge in [0.25, 0.3) is 5.78 Å². The molecule has 1 heterocycles. The lowest BCUT2D eigenvalue weighted by Crippen LogP contribution is -2.18. The van der Waals surface area contributed by atoms with Crippen LogP contribution in [0.25, 0.3) is 0 Å². The van der Waals surface area contributed by atoms with Crippen LogP contribution in [0.5, 0.6) is 11.5 Å². The van der Waals surface area contributed by atoms with E-state index in [0.29, 0.717) is 29.2 Å². The standard InChI is InChI=1S/C13H13BrO5/c1-2-17-13(16)12(15)8-6-10-11(7-9(8)14)19-5-3-4-18-10/h6-7H,2-5H2,1H3. The van der Waals surface area contributed by atoms with Gasteiger partial charge in [0.05, 0.1) is 19.8 Å². The Morgan fingerprint density at radius 1 is 1.26 bits per heavy atom. The molecule has 0 aliphatic carbocycles. The van der Waals surface area contributed by atoms with E-state index in [1.165, 1.54) is 6.07 Å². The van der Waals surface area contributed by atoms with Crippen molar-refractivity contribution >= 4 is 27.7 Å². The molecule has 0 N–H and O–H groups in total. The maximum absolute atomic E-state index is 11.9. The minimum absolute atomic E-state index is 0.159. The number of hydrogen-bond donors (Lipinski definition) is 0. The topological polar surface area (TPSA) is 61.8 Å². The van der Waals surface area contributed by atoms with Gasteiger partial charge in [0.2, 0.25) is 0 Å². The summed E-state index contributed by atoms with van der Waals surface area (Å²) in [6.45, 7) is 2.88. The van der Waals surface area contributed by atoms with Crippen molar-refractivity contribution in [3.05, 3.63) is 22.2 Å². The van der Waals surface area contributed by atoms with Gasteiger partial charge in [-0.15, -0.1) is 0 Å². The van der Waals surface area contributed by atoms with Gasteiger partial charge in [-0.05, 0) is 35.0 Å². The van der Waals surface area contributed by atoms with E-state index < -0.39 is 11.8 Å². The maximum atomic E-state index is 11.9. The van der Waals surface area contributed by atoms with E-state index >= 15 is 0 Å². The highest BCUT2D eigenvalue weighted by Crippen LogP contribution is 2.35. The van der Waals surface area contributed by atoms with Crippen LogP contribution in [0.15, 0.2) is 16.6 Å². The average molecular weight is 329 g/mol. The largest absolute Gasteiger partial charge is 0.490 e. The molecule has 0 aromatic heterocycles. The van der Waals surface area contributed by atoms with Crippen molar-refractivity contribution in [3.63, 3.8) is 0 Å². The van der Waals surface area contributed by atoms with Crippen molar-refractivity contribution in [1.82, 2.24) is 0 Å². The zero-order valence-corrected chi connectivity index (χ0v) is 12.0. The van der Waals surface area contributed by atoms with Crippen molar-refractivity contribution < 1.29 is 23.8 Å². The van der Waals surface area contributed by atoms with E-state index in [0.717, 1.165) is 6.42 Å². The van der Waals surface area contributed by atoms with E-state index in [1.807, 2.05) is 0 Å². The number of hydrogen-bond acceptors (Lipinski definition) is 5. The van der Waals surface area contributed by atoms with Gasteiger partial charge in [-0.2, -0.15) is 0 Å². The molecule has 0 radical (unpaired) electrons. The van der Waals surface area contributed by atoms with Crippen LogP contribution in [-0.4, -0.2) is 31.6 Å². The molecule has 1 aliphatic rings. The second-order valence-corrected chi connectivity index (χ2v) is 4.73. The smallest absolute Gasteiger partial charge is 0.379 e. The molecule has 0 bridgehead atoms. The van der Waals surface area contributed by atoms with Gasteiger partial charge in [0, 0.05) is 16.5 Å². The van der Waals surface area contributed by atoms with Gasteiger partial charge < -0.3 is 14.2 Å². The molecule has 1 aliphatic heterocycles. The third-order valence-corrected chi connectivity index (χ3v) is 3.20. The number of Topliss-reactive ketones (excluding diaryl/α,β-unsaturated/α-hetero) is 1. The normalized spacial score (nSPS) is 13.6. The van der Waals surface area contributed by atoms with Gasteiger partial charge in [-0.1, -0.05) is 0 Å². The fourth-order valence-corrected chi connectivity index (χ4v) is 2.17. The Labute approximate surface area is 119 Å². The van der Waals surface area contributed by atoms with Gasteiger partial charge in [0.1, 0.15) is 0 Å². The van der Waals surface area contributed by atoms with Crippen LogP contribution in [0.4, 0.5) is 0 Å². The second-order valence-electron chi connectivity index (χ2n) is 3.88. The fraction of sp³-hybridized carbons (Fsp3) is 0.385. The van der Waals surface area contributed by atoms with E-state index in [9.17, 15) is 9.59 Å². The Morgan fingerprint density at radius 2 is 1.89 bits per heavy atom. The van der Waals surface area contributed by atoms with Crippen molar-refractivity contribution in [2.45, 2.75) is 13.3 Å².